The summed E-state index contributed by atoms with van der Waals surface area (Å²) in [4.78, 5) is 22.8. The number of nitrogens with one attached hydrogen (secondary N) is 2. The van der Waals surface area contributed by atoms with Gasteiger partial charge < -0.3 is 24.4 Å². The van der Waals surface area contributed by atoms with Crippen LogP contribution in [0.2, 0.25) is 0 Å². The third-order valence-corrected chi connectivity index (χ3v) is 9.78. The van der Waals surface area contributed by atoms with Crippen molar-refractivity contribution in [2.75, 3.05) is 55.7 Å². The molecule has 3 aromatic rings. The maximum Gasteiger partial charge on any atom is 0.262 e. The minimum atomic E-state index is -0.495. The molecule has 1 amide bonds. The second kappa shape index (κ2) is 12.6. The standard InChI is InChI=1S/C34H39FN6O4/c1-43-30-15-22(19-37-40-33-36-20-28(35)32(39-33)41-8-10-44-11-9-41)2-7-29(30)45-21-31(42)38-27-5-3-26(4-6-27)34-16-23-12-24(17-34)14-25(13-23)18-34/h2-7,15,19-20,23-25H,8-14,16-18,21H2,1H3,(H,38,42)(H,36,39,40)/b37-19-. The lowest BCUT2D eigenvalue weighted by Gasteiger charge is -2.57. The molecule has 1 saturated heterocycles. The van der Waals surface area contributed by atoms with E-state index >= 15 is 0 Å². The van der Waals surface area contributed by atoms with Crippen molar-refractivity contribution in [1.82, 2.24) is 9.97 Å². The summed E-state index contributed by atoms with van der Waals surface area (Å²) in [6.45, 7) is 2.00. The van der Waals surface area contributed by atoms with E-state index in [2.05, 4.69) is 37.9 Å². The average molecular weight is 615 g/mol. The van der Waals surface area contributed by atoms with E-state index in [1.54, 1.807) is 24.4 Å². The van der Waals surface area contributed by atoms with E-state index in [1.165, 1.54) is 51.2 Å². The lowest BCUT2D eigenvalue weighted by Crippen LogP contribution is -2.48. The normalized spacial score (nSPS) is 25.4. The van der Waals surface area contributed by atoms with Crippen LogP contribution in [0.15, 0.2) is 53.8 Å². The van der Waals surface area contributed by atoms with Crippen molar-refractivity contribution >= 4 is 29.6 Å². The van der Waals surface area contributed by atoms with Gasteiger partial charge in [-0.15, -0.1) is 0 Å². The van der Waals surface area contributed by atoms with Crippen molar-refractivity contribution in [3.63, 3.8) is 0 Å². The number of hydrazone groups is 1. The predicted octanol–water partition coefficient (Wildman–Crippen LogP) is 5.39. The fourth-order valence-corrected chi connectivity index (χ4v) is 8.17. The number of hydrogen-bond donors (Lipinski definition) is 2. The summed E-state index contributed by atoms with van der Waals surface area (Å²) < 4.78 is 30.9. The molecule has 8 rings (SSSR count). The van der Waals surface area contributed by atoms with Crippen LogP contribution in [0.5, 0.6) is 11.5 Å². The van der Waals surface area contributed by atoms with Crippen molar-refractivity contribution < 1.29 is 23.4 Å². The molecule has 45 heavy (non-hydrogen) atoms. The van der Waals surface area contributed by atoms with Gasteiger partial charge in [-0.25, -0.2) is 14.8 Å². The number of morpholine rings is 1. The van der Waals surface area contributed by atoms with Crippen LogP contribution in [0.3, 0.4) is 0 Å². The molecule has 2 heterocycles. The number of rotatable bonds is 10. The van der Waals surface area contributed by atoms with Gasteiger partial charge in [0.25, 0.3) is 5.91 Å². The number of methoxy groups -OCH3 is 1. The highest BCUT2D eigenvalue weighted by molar-refractivity contribution is 5.92. The fourth-order valence-electron chi connectivity index (χ4n) is 8.17. The molecule has 10 nitrogen and oxygen atoms in total. The first-order valence-electron chi connectivity index (χ1n) is 15.8. The Labute approximate surface area is 262 Å². The minimum Gasteiger partial charge on any atom is -0.493 e. The molecule has 0 radical (unpaired) electrons. The summed E-state index contributed by atoms with van der Waals surface area (Å²) in [7, 11) is 1.53. The van der Waals surface area contributed by atoms with Gasteiger partial charge in [0.15, 0.2) is 29.7 Å². The third kappa shape index (κ3) is 6.45. The summed E-state index contributed by atoms with van der Waals surface area (Å²) >= 11 is 0. The number of carbonyl (C=O) groups is 1. The van der Waals surface area contributed by atoms with Gasteiger partial charge in [-0.3, -0.25) is 4.79 Å². The first kappa shape index (κ1) is 29.5. The molecule has 2 N–H and O–H groups in total. The molecule has 2 aromatic carbocycles. The summed E-state index contributed by atoms with van der Waals surface area (Å²) in [5.74, 6) is 3.23. The van der Waals surface area contributed by atoms with Crippen LogP contribution in [-0.2, 0) is 14.9 Å². The van der Waals surface area contributed by atoms with Crippen molar-refractivity contribution in [2.24, 2.45) is 22.9 Å². The number of benzene rings is 2. The number of hydrogen-bond acceptors (Lipinski definition) is 9. The van der Waals surface area contributed by atoms with Crippen molar-refractivity contribution in [3.8, 4) is 11.5 Å². The highest BCUT2D eigenvalue weighted by atomic mass is 19.1. The summed E-state index contributed by atoms with van der Waals surface area (Å²) in [6, 6.07) is 13.7. The Morgan fingerprint density at radius 3 is 2.47 bits per heavy atom. The number of halogens is 1. The number of amides is 1. The van der Waals surface area contributed by atoms with E-state index in [-0.39, 0.29) is 24.3 Å². The Morgan fingerprint density at radius 1 is 1.07 bits per heavy atom. The Hall–Kier alpha value is -4.25. The van der Waals surface area contributed by atoms with Gasteiger partial charge in [0, 0.05) is 18.8 Å². The molecule has 236 valence electrons. The second-order valence-corrected chi connectivity index (χ2v) is 12.9. The van der Waals surface area contributed by atoms with Crippen molar-refractivity contribution in [3.05, 3.63) is 65.6 Å². The summed E-state index contributed by atoms with van der Waals surface area (Å²) in [5.41, 5.74) is 6.00. The Bertz CT molecular complexity index is 1520. The van der Waals surface area contributed by atoms with E-state index in [4.69, 9.17) is 14.2 Å². The van der Waals surface area contributed by atoms with Gasteiger partial charge in [-0.1, -0.05) is 12.1 Å². The predicted molar refractivity (Wildman–Crippen MR) is 170 cm³/mol. The Kier molecular flexibility index (Phi) is 8.27. The van der Waals surface area contributed by atoms with Gasteiger partial charge in [0.1, 0.15) is 0 Å². The van der Waals surface area contributed by atoms with Crippen LogP contribution in [0.1, 0.15) is 49.7 Å². The quantitative estimate of drug-likeness (QED) is 0.231. The lowest BCUT2D eigenvalue weighted by atomic mass is 9.48. The van der Waals surface area contributed by atoms with Gasteiger partial charge in [0.2, 0.25) is 5.95 Å². The molecule has 0 unspecified atom stereocenters. The van der Waals surface area contributed by atoms with Crippen LogP contribution >= 0.6 is 0 Å². The number of ether oxygens (including phenoxy) is 3. The number of anilines is 3. The minimum absolute atomic E-state index is 0.157. The molecule has 0 atom stereocenters. The zero-order valence-corrected chi connectivity index (χ0v) is 25.5. The Morgan fingerprint density at radius 2 is 1.78 bits per heavy atom. The van der Waals surface area contributed by atoms with Crippen LogP contribution < -0.4 is 25.1 Å². The SMILES string of the molecule is COc1cc(/C=N\Nc2ncc(F)c(N3CCOCC3)n2)ccc1OCC(=O)Nc1ccc(C23CC4CC(CC(C4)C2)C3)cc1. The van der Waals surface area contributed by atoms with Gasteiger partial charge >= 0.3 is 0 Å². The molecule has 5 fully saturated rings. The molecule has 4 saturated carbocycles. The molecule has 5 aliphatic rings. The number of aromatic nitrogens is 2. The molecule has 1 aliphatic heterocycles. The second-order valence-electron chi connectivity index (χ2n) is 12.9. The molecule has 4 bridgehead atoms. The zero-order chi connectivity index (χ0) is 30.8. The largest absolute Gasteiger partial charge is 0.493 e. The maximum atomic E-state index is 14.3. The Balaban J connectivity index is 0.922. The van der Waals surface area contributed by atoms with Gasteiger partial charge in [-0.2, -0.15) is 10.1 Å². The topological polar surface area (TPSA) is 110 Å². The smallest absolute Gasteiger partial charge is 0.262 e. The summed E-state index contributed by atoms with van der Waals surface area (Å²) in [6.07, 6.45) is 10.9. The maximum absolute atomic E-state index is 14.3. The highest BCUT2D eigenvalue weighted by Crippen LogP contribution is 2.60. The van der Waals surface area contributed by atoms with Gasteiger partial charge in [-0.05, 0) is 103 Å². The molecule has 11 heteroatoms. The van der Waals surface area contributed by atoms with E-state index in [9.17, 15) is 9.18 Å². The van der Waals surface area contributed by atoms with E-state index < -0.39 is 5.82 Å². The third-order valence-electron chi connectivity index (χ3n) is 9.78. The van der Waals surface area contributed by atoms with Crippen molar-refractivity contribution in [2.45, 2.75) is 43.9 Å². The zero-order valence-electron chi connectivity index (χ0n) is 25.5. The molecule has 0 spiro atoms. The lowest BCUT2D eigenvalue weighted by molar-refractivity contribution is -0.118. The monoisotopic (exact) mass is 614 g/mol. The van der Waals surface area contributed by atoms with E-state index in [0.717, 1.165) is 29.6 Å². The molecular formula is C34H39FN6O4. The fraction of sp³-hybridized carbons (Fsp3) is 0.471. The molecule has 1 aromatic heterocycles. The number of carbonyl (C=O) groups excluding carboxylic acids is 1. The van der Waals surface area contributed by atoms with E-state index in [1.807, 2.05) is 17.0 Å². The van der Waals surface area contributed by atoms with Crippen LogP contribution in [0.4, 0.5) is 21.8 Å². The number of nitrogens with zero attached hydrogens (tertiary/aromatic N) is 4. The molecular weight excluding hydrogens is 575 g/mol. The summed E-state index contributed by atoms with van der Waals surface area (Å²) in [5, 5.41) is 7.14. The van der Waals surface area contributed by atoms with Crippen LogP contribution in [0.25, 0.3) is 0 Å². The van der Waals surface area contributed by atoms with Gasteiger partial charge in [0.05, 0.1) is 32.7 Å². The van der Waals surface area contributed by atoms with Crippen molar-refractivity contribution in [1.29, 1.82) is 0 Å². The first-order chi connectivity index (χ1) is 22.0. The van der Waals surface area contributed by atoms with Crippen LogP contribution in [0, 0.1) is 23.6 Å². The molecule has 4 aliphatic carbocycles. The van der Waals surface area contributed by atoms with Crippen LogP contribution in [-0.4, -0.2) is 62.1 Å². The first-order valence-corrected chi connectivity index (χ1v) is 15.8. The van der Waals surface area contributed by atoms with E-state index in [0.29, 0.717) is 48.8 Å². The average Bonchev–Trinajstić information content (AvgIpc) is 3.05. The highest BCUT2D eigenvalue weighted by Gasteiger charge is 2.51.